The average Bonchev–Trinajstić information content (AvgIpc) is 2.93. The topological polar surface area (TPSA) is 72.6 Å². The molecule has 1 N–H and O–H groups in total. The van der Waals surface area contributed by atoms with Gasteiger partial charge in [0.25, 0.3) is 0 Å². The van der Waals surface area contributed by atoms with Crippen molar-refractivity contribution in [2.75, 3.05) is 6.61 Å². The van der Waals surface area contributed by atoms with Crippen LogP contribution in [-0.2, 0) is 4.74 Å². The van der Waals surface area contributed by atoms with Gasteiger partial charge in [-0.15, -0.1) is 0 Å². The molecule has 2 heterocycles. The quantitative estimate of drug-likeness (QED) is 0.882. The maximum absolute atomic E-state index is 10.9. The van der Waals surface area contributed by atoms with Crippen molar-refractivity contribution in [1.82, 2.24) is 4.98 Å². The summed E-state index contributed by atoms with van der Waals surface area (Å²) in [6, 6.07) is 4.71. The first kappa shape index (κ1) is 11.2. The Kier molecular flexibility index (Phi) is 2.56. The average molecular weight is 247 g/mol. The van der Waals surface area contributed by atoms with Crippen molar-refractivity contribution in [2.24, 2.45) is 0 Å². The highest BCUT2D eigenvalue weighted by Gasteiger charge is 2.27. The Morgan fingerprint density at radius 2 is 2.33 bits per heavy atom. The molecule has 1 aliphatic heterocycles. The van der Waals surface area contributed by atoms with Crippen LogP contribution in [0.3, 0.4) is 0 Å². The number of oxazole rings is 1. The molecule has 3 rings (SSSR count). The molecule has 2 unspecified atom stereocenters. The SMILES string of the molecule is CC1CC(c2nc3ccc(C(=O)O)cc3o2)CO1. The van der Waals surface area contributed by atoms with Gasteiger partial charge in [0.05, 0.1) is 24.2 Å². The summed E-state index contributed by atoms with van der Waals surface area (Å²) in [6.45, 7) is 2.63. The van der Waals surface area contributed by atoms with Gasteiger partial charge in [0.2, 0.25) is 5.89 Å². The van der Waals surface area contributed by atoms with Crippen LogP contribution < -0.4 is 0 Å². The highest BCUT2D eigenvalue weighted by Crippen LogP contribution is 2.30. The number of hydrogen-bond acceptors (Lipinski definition) is 4. The third kappa shape index (κ3) is 1.86. The van der Waals surface area contributed by atoms with Gasteiger partial charge in [-0.1, -0.05) is 0 Å². The Labute approximate surface area is 103 Å². The van der Waals surface area contributed by atoms with E-state index in [1.165, 1.54) is 12.1 Å². The van der Waals surface area contributed by atoms with Crippen molar-refractivity contribution in [3.63, 3.8) is 0 Å². The van der Waals surface area contributed by atoms with Gasteiger partial charge in [-0.2, -0.15) is 0 Å². The first-order valence-corrected chi connectivity index (χ1v) is 5.89. The molecule has 94 valence electrons. The summed E-state index contributed by atoms with van der Waals surface area (Å²) in [5.41, 5.74) is 1.42. The number of ether oxygens (including phenoxy) is 1. The molecule has 1 fully saturated rings. The summed E-state index contributed by atoms with van der Waals surface area (Å²) in [7, 11) is 0. The second-order valence-electron chi connectivity index (χ2n) is 4.62. The molecule has 5 heteroatoms. The maximum Gasteiger partial charge on any atom is 0.335 e. The van der Waals surface area contributed by atoms with Crippen molar-refractivity contribution in [3.05, 3.63) is 29.7 Å². The van der Waals surface area contributed by atoms with Crippen molar-refractivity contribution >= 4 is 17.1 Å². The first-order chi connectivity index (χ1) is 8.63. The van der Waals surface area contributed by atoms with Gasteiger partial charge in [0.1, 0.15) is 5.52 Å². The van der Waals surface area contributed by atoms with Gasteiger partial charge < -0.3 is 14.3 Å². The maximum atomic E-state index is 10.9. The molecule has 0 bridgehead atoms. The normalized spacial score (nSPS) is 23.6. The summed E-state index contributed by atoms with van der Waals surface area (Å²) < 4.78 is 11.1. The Morgan fingerprint density at radius 1 is 1.50 bits per heavy atom. The predicted octanol–water partition coefficient (Wildman–Crippen LogP) is 2.42. The van der Waals surface area contributed by atoms with Crippen molar-refractivity contribution in [2.45, 2.75) is 25.4 Å². The van der Waals surface area contributed by atoms with Gasteiger partial charge in [-0.05, 0) is 31.5 Å². The molecule has 0 saturated carbocycles. The summed E-state index contributed by atoms with van der Waals surface area (Å²) in [5.74, 6) is -0.162. The summed E-state index contributed by atoms with van der Waals surface area (Å²) >= 11 is 0. The molecule has 1 saturated heterocycles. The van der Waals surface area contributed by atoms with E-state index in [0.29, 0.717) is 23.6 Å². The monoisotopic (exact) mass is 247 g/mol. The number of carboxylic acid groups (broad SMARTS) is 1. The number of hydrogen-bond donors (Lipinski definition) is 1. The molecular formula is C13H13NO4. The lowest BCUT2D eigenvalue weighted by atomic mass is 10.1. The molecule has 1 aromatic heterocycles. The Bertz CT molecular complexity index is 604. The Hall–Kier alpha value is -1.88. The van der Waals surface area contributed by atoms with E-state index >= 15 is 0 Å². The minimum absolute atomic E-state index is 0.167. The molecule has 1 aromatic carbocycles. The Morgan fingerprint density at radius 3 is 3.00 bits per heavy atom. The molecule has 2 atom stereocenters. The van der Waals surface area contributed by atoms with E-state index in [0.717, 1.165) is 6.42 Å². The number of aromatic nitrogens is 1. The van der Waals surface area contributed by atoms with Crippen LogP contribution >= 0.6 is 0 Å². The zero-order valence-electron chi connectivity index (χ0n) is 9.92. The number of nitrogens with zero attached hydrogens (tertiary/aromatic N) is 1. The van der Waals surface area contributed by atoms with E-state index in [9.17, 15) is 4.79 Å². The second kappa shape index (κ2) is 4.10. The first-order valence-electron chi connectivity index (χ1n) is 5.89. The number of fused-ring (bicyclic) bond motifs is 1. The number of carbonyl (C=O) groups is 1. The highest BCUT2D eigenvalue weighted by atomic mass is 16.5. The van der Waals surface area contributed by atoms with Crippen molar-refractivity contribution < 1.29 is 19.1 Å². The lowest BCUT2D eigenvalue weighted by molar-refractivity contribution is 0.0697. The van der Waals surface area contributed by atoms with Gasteiger partial charge in [-0.25, -0.2) is 9.78 Å². The number of benzene rings is 1. The fourth-order valence-electron chi connectivity index (χ4n) is 2.24. The van der Waals surface area contributed by atoms with Gasteiger partial charge in [-0.3, -0.25) is 0 Å². The summed E-state index contributed by atoms with van der Waals surface area (Å²) in [4.78, 5) is 15.3. The van der Waals surface area contributed by atoms with Crippen LogP contribution in [0.2, 0.25) is 0 Å². The van der Waals surface area contributed by atoms with Crippen LogP contribution in [-0.4, -0.2) is 28.8 Å². The lowest BCUT2D eigenvalue weighted by Crippen LogP contribution is -1.97. The fraction of sp³-hybridized carbons (Fsp3) is 0.385. The van der Waals surface area contributed by atoms with E-state index in [1.807, 2.05) is 6.92 Å². The minimum Gasteiger partial charge on any atom is -0.478 e. The van der Waals surface area contributed by atoms with Crippen LogP contribution in [0, 0.1) is 0 Å². The molecule has 0 spiro atoms. The van der Waals surface area contributed by atoms with Crippen molar-refractivity contribution in [3.8, 4) is 0 Å². The molecule has 18 heavy (non-hydrogen) atoms. The van der Waals surface area contributed by atoms with Crippen LogP contribution in [0.1, 0.15) is 35.5 Å². The van der Waals surface area contributed by atoms with E-state index in [4.69, 9.17) is 14.3 Å². The standard InChI is InChI=1S/C13H13NO4/c1-7-4-9(6-17-7)12-14-10-3-2-8(13(15)16)5-11(10)18-12/h2-3,5,7,9H,4,6H2,1H3,(H,15,16). The molecular weight excluding hydrogens is 234 g/mol. The molecule has 2 aromatic rings. The van der Waals surface area contributed by atoms with Gasteiger partial charge in [0, 0.05) is 0 Å². The Balaban J connectivity index is 1.98. The van der Waals surface area contributed by atoms with E-state index in [-0.39, 0.29) is 17.6 Å². The summed E-state index contributed by atoms with van der Waals surface area (Å²) in [5, 5.41) is 8.92. The van der Waals surface area contributed by atoms with E-state index in [1.54, 1.807) is 6.07 Å². The van der Waals surface area contributed by atoms with Crippen LogP contribution in [0.25, 0.3) is 11.1 Å². The van der Waals surface area contributed by atoms with Crippen LogP contribution in [0.5, 0.6) is 0 Å². The largest absolute Gasteiger partial charge is 0.478 e. The molecule has 0 amide bonds. The zero-order valence-corrected chi connectivity index (χ0v) is 9.92. The molecule has 0 radical (unpaired) electrons. The highest BCUT2D eigenvalue weighted by molar-refractivity contribution is 5.91. The predicted molar refractivity (Wildman–Crippen MR) is 63.7 cm³/mol. The van der Waals surface area contributed by atoms with Gasteiger partial charge in [0.15, 0.2) is 5.58 Å². The molecule has 0 aliphatic carbocycles. The molecule has 1 aliphatic rings. The molecule has 5 nitrogen and oxygen atoms in total. The number of aromatic carboxylic acids is 1. The second-order valence-corrected chi connectivity index (χ2v) is 4.62. The minimum atomic E-state index is -0.965. The van der Waals surface area contributed by atoms with Crippen LogP contribution in [0.15, 0.2) is 22.6 Å². The number of carboxylic acids is 1. The van der Waals surface area contributed by atoms with Gasteiger partial charge >= 0.3 is 5.97 Å². The third-order valence-corrected chi connectivity index (χ3v) is 3.20. The zero-order chi connectivity index (χ0) is 12.7. The van der Waals surface area contributed by atoms with E-state index < -0.39 is 5.97 Å². The smallest absolute Gasteiger partial charge is 0.335 e. The fourth-order valence-corrected chi connectivity index (χ4v) is 2.24. The van der Waals surface area contributed by atoms with Crippen LogP contribution in [0.4, 0.5) is 0 Å². The van der Waals surface area contributed by atoms with E-state index in [2.05, 4.69) is 4.98 Å². The third-order valence-electron chi connectivity index (χ3n) is 3.20. The van der Waals surface area contributed by atoms with Crippen molar-refractivity contribution in [1.29, 1.82) is 0 Å². The number of rotatable bonds is 2. The summed E-state index contributed by atoms with van der Waals surface area (Å²) in [6.07, 6.45) is 1.11. The lowest BCUT2D eigenvalue weighted by Gasteiger charge is -1.99.